The van der Waals surface area contributed by atoms with Crippen LogP contribution in [0.15, 0.2) is 30.3 Å². The molecule has 0 aliphatic heterocycles. The van der Waals surface area contributed by atoms with Gasteiger partial charge in [0.15, 0.2) is 6.10 Å². The molecule has 1 saturated carbocycles. The van der Waals surface area contributed by atoms with E-state index in [1.54, 1.807) is 0 Å². The molecule has 0 spiro atoms. The second-order valence-corrected chi connectivity index (χ2v) is 6.47. The standard InChI is InChI=1S/C18H23N3O3/c1-12(18(22)23)24-17-6-4-3-5-14(17)10-21(2)11-15-9-16(20-19-15)13-7-8-13/h3-6,9,12-13H,7-8,10-11H2,1-2H3,(H,19,20)(H,22,23)/t12-/m0/s1. The number of benzene rings is 1. The van der Waals surface area contributed by atoms with Gasteiger partial charge in [0, 0.05) is 30.3 Å². The highest BCUT2D eigenvalue weighted by molar-refractivity contribution is 5.72. The molecule has 2 N–H and O–H groups in total. The predicted octanol–water partition coefficient (Wildman–Crippen LogP) is 2.77. The van der Waals surface area contributed by atoms with Crippen LogP contribution in [0.4, 0.5) is 0 Å². The van der Waals surface area contributed by atoms with E-state index in [1.807, 2.05) is 31.3 Å². The van der Waals surface area contributed by atoms with Gasteiger partial charge in [0.25, 0.3) is 0 Å². The van der Waals surface area contributed by atoms with Crippen LogP contribution < -0.4 is 4.74 Å². The summed E-state index contributed by atoms with van der Waals surface area (Å²) in [6.45, 7) is 2.95. The zero-order chi connectivity index (χ0) is 17.1. The molecule has 1 aliphatic rings. The third-order valence-corrected chi connectivity index (χ3v) is 4.15. The summed E-state index contributed by atoms with van der Waals surface area (Å²) in [6, 6.07) is 9.70. The highest BCUT2D eigenvalue weighted by atomic mass is 16.5. The molecular weight excluding hydrogens is 306 g/mol. The number of carboxylic acid groups (broad SMARTS) is 1. The van der Waals surface area contributed by atoms with Gasteiger partial charge in [-0.2, -0.15) is 5.10 Å². The maximum absolute atomic E-state index is 11.0. The second kappa shape index (κ2) is 7.05. The topological polar surface area (TPSA) is 78.5 Å². The van der Waals surface area contributed by atoms with Crippen molar-refractivity contribution in [1.29, 1.82) is 0 Å². The first kappa shape index (κ1) is 16.5. The minimum absolute atomic E-state index is 0.613. The molecule has 0 bridgehead atoms. The van der Waals surface area contributed by atoms with Crippen LogP contribution in [0.1, 0.15) is 42.6 Å². The van der Waals surface area contributed by atoms with E-state index in [2.05, 4.69) is 21.2 Å². The Kier molecular flexibility index (Phi) is 4.85. The number of carboxylic acids is 1. The van der Waals surface area contributed by atoms with Crippen molar-refractivity contribution in [2.45, 2.75) is 44.9 Å². The molecule has 0 radical (unpaired) electrons. The van der Waals surface area contributed by atoms with E-state index in [-0.39, 0.29) is 0 Å². The maximum Gasteiger partial charge on any atom is 0.344 e. The zero-order valence-corrected chi connectivity index (χ0v) is 14.0. The van der Waals surface area contributed by atoms with E-state index in [4.69, 9.17) is 9.84 Å². The molecule has 1 aromatic carbocycles. The number of aromatic nitrogens is 2. The SMILES string of the molecule is C[C@H](Oc1ccccc1CN(C)Cc1cc(C2CC2)n[nH]1)C(=O)O. The average molecular weight is 329 g/mol. The Balaban J connectivity index is 1.62. The Morgan fingerprint density at radius 1 is 1.42 bits per heavy atom. The number of H-pyrrole nitrogens is 1. The van der Waals surface area contributed by atoms with Crippen molar-refractivity contribution in [2.75, 3.05) is 7.05 Å². The van der Waals surface area contributed by atoms with Crippen molar-refractivity contribution in [3.63, 3.8) is 0 Å². The van der Waals surface area contributed by atoms with Crippen LogP contribution in [-0.4, -0.2) is 39.3 Å². The summed E-state index contributed by atoms with van der Waals surface area (Å²) in [6.07, 6.45) is 1.62. The molecule has 24 heavy (non-hydrogen) atoms. The summed E-state index contributed by atoms with van der Waals surface area (Å²) in [7, 11) is 2.02. The van der Waals surface area contributed by atoms with E-state index in [0.29, 0.717) is 18.2 Å². The molecule has 1 atom stereocenters. The van der Waals surface area contributed by atoms with Crippen LogP contribution >= 0.6 is 0 Å². The van der Waals surface area contributed by atoms with Crippen LogP contribution in [0.5, 0.6) is 5.75 Å². The third-order valence-electron chi connectivity index (χ3n) is 4.15. The van der Waals surface area contributed by atoms with Gasteiger partial charge >= 0.3 is 5.97 Å². The van der Waals surface area contributed by atoms with Crippen molar-refractivity contribution in [1.82, 2.24) is 15.1 Å². The number of rotatable bonds is 8. The van der Waals surface area contributed by atoms with Crippen molar-refractivity contribution in [2.24, 2.45) is 0 Å². The molecule has 0 amide bonds. The molecule has 6 heteroatoms. The fourth-order valence-electron chi connectivity index (χ4n) is 2.68. The fourth-order valence-corrected chi connectivity index (χ4v) is 2.68. The molecule has 1 fully saturated rings. The minimum atomic E-state index is -0.969. The van der Waals surface area contributed by atoms with E-state index in [0.717, 1.165) is 23.5 Å². The minimum Gasteiger partial charge on any atom is -0.479 e. The van der Waals surface area contributed by atoms with Crippen LogP contribution in [0.2, 0.25) is 0 Å². The Morgan fingerprint density at radius 3 is 2.88 bits per heavy atom. The van der Waals surface area contributed by atoms with Crippen LogP contribution in [-0.2, 0) is 17.9 Å². The summed E-state index contributed by atoms with van der Waals surface area (Å²) < 4.78 is 5.56. The molecule has 128 valence electrons. The van der Waals surface area contributed by atoms with E-state index >= 15 is 0 Å². The van der Waals surface area contributed by atoms with Crippen LogP contribution in [0, 0.1) is 0 Å². The Hall–Kier alpha value is -2.34. The Labute approximate surface area is 141 Å². The number of carbonyl (C=O) groups is 1. The van der Waals surface area contributed by atoms with E-state index < -0.39 is 12.1 Å². The summed E-state index contributed by atoms with van der Waals surface area (Å²) in [5.41, 5.74) is 3.23. The van der Waals surface area contributed by atoms with Gasteiger partial charge in [0.2, 0.25) is 0 Å². The Bertz CT molecular complexity index is 709. The van der Waals surface area contributed by atoms with Gasteiger partial charge < -0.3 is 9.84 Å². The van der Waals surface area contributed by atoms with Gasteiger partial charge in [-0.3, -0.25) is 10.00 Å². The van der Waals surface area contributed by atoms with Gasteiger partial charge in [0.05, 0.1) is 5.69 Å². The number of hydrogen-bond acceptors (Lipinski definition) is 4. The maximum atomic E-state index is 11.0. The van der Waals surface area contributed by atoms with Gasteiger partial charge in [-0.05, 0) is 38.9 Å². The van der Waals surface area contributed by atoms with Crippen molar-refractivity contribution in [3.8, 4) is 5.75 Å². The first-order chi connectivity index (χ1) is 11.5. The quantitative estimate of drug-likeness (QED) is 0.778. The first-order valence-corrected chi connectivity index (χ1v) is 8.23. The van der Waals surface area contributed by atoms with Crippen LogP contribution in [0.25, 0.3) is 0 Å². The molecule has 1 heterocycles. The molecule has 2 aromatic rings. The molecule has 6 nitrogen and oxygen atoms in total. The van der Waals surface area contributed by atoms with Crippen molar-refractivity contribution < 1.29 is 14.6 Å². The largest absolute Gasteiger partial charge is 0.479 e. The molecule has 0 saturated heterocycles. The fraction of sp³-hybridized carbons (Fsp3) is 0.444. The molecular formula is C18H23N3O3. The molecule has 1 aliphatic carbocycles. The lowest BCUT2D eigenvalue weighted by Crippen LogP contribution is -2.24. The van der Waals surface area contributed by atoms with Crippen molar-refractivity contribution in [3.05, 3.63) is 47.3 Å². The average Bonchev–Trinajstić information content (AvgIpc) is 3.29. The zero-order valence-electron chi connectivity index (χ0n) is 14.0. The predicted molar refractivity (Wildman–Crippen MR) is 89.9 cm³/mol. The van der Waals surface area contributed by atoms with Crippen molar-refractivity contribution >= 4 is 5.97 Å². The normalized spacial score (nSPS) is 15.5. The summed E-state index contributed by atoms with van der Waals surface area (Å²) >= 11 is 0. The monoisotopic (exact) mass is 329 g/mol. The number of aromatic amines is 1. The van der Waals surface area contributed by atoms with Gasteiger partial charge in [-0.15, -0.1) is 0 Å². The molecule has 1 aromatic heterocycles. The van der Waals surface area contributed by atoms with Crippen LogP contribution in [0.3, 0.4) is 0 Å². The van der Waals surface area contributed by atoms with Gasteiger partial charge in [-0.25, -0.2) is 4.79 Å². The first-order valence-electron chi connectivity index (χ1n) is 8.23. The number of aliphatic carboxylic acids is 1. The van der Waals surface area contributed by atoms with E-state index in [1.165, 1.54) is 19.8 Å². The van der Waals surface area contributed by atoms with Gasteiger partial charge in [-0.1, -0.05) is 18.2 Å². The summed E-state index contributed by atoms with van der Waals surface area (Å²) in [5, 5.41) is 16.5. The lowest BCUT2D eigenvalue weighted by Gasteiger charge is -2.19. The number of ether oxygens (including phenoxy) is 1. The van der Waals surface area contributed by atoms with Gasteiger partial charge in [0.1, 0.15) is 5.75 Å². The number of nitrogens with one attached hydrogen (secondary N) is 1. The number of hydrogen-bond donors (Lipinski definition) is 2. The lowest BCUT2D eigenvalue weighted by molar-refractivity contribution is -0.144. The second-order valence-electron chi connectivity index (χ2n) is 6.47. The lowest BCUT2D eigenvalue weighted by atomic mass is 10.2. The summed E-state index contributed by atoms with van der Waals surface area (Å²) in [4.78, 5) is 13.1. The highest BCUT2D eigenvalue weighted by Crippen LogP contribution is 2.39. The molecule has 3 rings (SSSR count). The Morgan fingerprint density at radius 2 is 2.17 bits per heavy atom. The smallest absolute Gasteiger partial charge is 0.344 e. The number of para-hydroxylation sites is 1. The molecule has 0 unspecified atom stereocenters. The number of nitrogens with zero attached hydrogens (tertiary/aromatic N) is 2. The third kappa shape index (κ3) is 4.14. The highest BCUT2D eigenvalue weighted by Gasteiger charge is 2.26. The van der Waals surface area contributed by atoms with E-state index in [9.17, 15) is 4.79 Å². The summed E-state index contributed by atoms with van der Waals surface area (Å²) in [5.74, 6) is 0.290.